The summed E-state index contributed by atoms with van der Waals surface area (Å²) >= 11 is 0. The Kier molecular flexibility index (Phi) is 130. The maximum absolute atomic E-state index is 3.55. The molecule has 0 atom stereocenters. The van der Waals surface area contributed by atoms with E-state index in [2.05, 4.69) is 67.3 Å². The van der Waals surface area contributed by atoms with Crippen LogP contribution >= 0.6 is 0 Å². The van der Waals surface area contributed by atoms with Crippen molar-refractivity contribution in [2.75, 3.05) is 13.6 Å². The fourth-order valence-corrected chi connectivity index (χ4v) is 0.233. The SMILES string of the molecule is C.C.C.C=CN=C.C=NC.C=NC=CC(C)C.C=NCC. The van der Waals surface area contributed by atoms with Gasteiger partial charge >= 0.3 is 0 Å². The molecule has 0 bridgehead atoms. The molecule has 0 saturated heterocycles. The predicted molar refractivity (Wildman–Crippen MR) is 109 cm³/mol. The lowest BCUT2D eigenvalue weighted by Gasteiger charge is -1.87. The molecule has 0 fully saturated rings. The zero-order valence-corrected chi connectivity index (χ0v) is 12.3. The summed E-state index contributed by atoms with van der Waals surface area (Å²) in [6.45, 7) is 23.0. The van der Waals surface area contributed by atoms with Gasteiger partial charge in [-0.15, -0.1) is 0 Å². The van der Waals surface area contributed by atoms with Gasteiger partial charge in [-0.05, 0) is 39.7 Å². The van der Waals surface area contributed by atoms with E-state index in [-0.39, 0.29) is 22.3 Å². The number of aliphatic imine (C=N–C) groups is 4. The van der Waals surface area contributed by atoms with E-state index in [1.54, 1.807) is 13.2 Å². The van der Waals surface area contributed by atoms with Gasteiger partial charge in [-0.3, -0.25) is 9.98 Å². The zero-order chi connectivity index (χ0) is 15.2. The summed E-state index contributed by atoms with van der Waals surface area (Å²) in [4.78, 5) is 13.5. The summed E-state index contributed by atoms with van der Waals surface area (Å²) in [5, 5.41) is 0. The molecule has 0 unspecified atom stereocenters. The van der Waals surface area contributed by atoms with Crippen LogP contribution in [0, 0.1) is 5.92 Å². The van der Waals surface area contributed by atoms with Gasteiger partial charge in [0, 0.05) is 26.0 Å². The van der Waals surface area contributed by atoms with E-state index in [0.717, 1.165) is 6.54 Å². The van der Waals surface area contributed by atoms with Gasteiger partial charge < -0.3 is 9.98 Å². The van der Waals surface area contributed by atoms with Crippen molar-refractivity contribution in [2.45, 2.75) is 43.1 Å². The van der Waals surface area contributed by atoms with E-state index < -0.39 is 0 Å². The van der Waals surface area contributed by atoms with Crippen LogP contribution in [0.3, 0.4) is 0 Å². The summed E-state index contributed by atoms with van der Waals surface area (Å²) in [7, 11) is 1.64. The average Bonchev–Trinajstić information content (AvgIpc) is 2.37. The van der Waals surface area contributed by atoms with E-state index >= 15 is 0 Å². The third-order valence-corrected chi connectivity index (χ3v) is 0.929. The first kappa shape index (κ1) is 42.7. The summed E-state index contributed by atoms with van der Waals surface area (Å²) in [6, 6.07) is 0. The summed E-state index contributed by atoms with van der Waals surface area (Å²) in [6.07, 6.45) is 5.09. The largest absolute Gasteiger partial charge is 0.304 e. The van der Waals surface area contributed by atoms with Crippen molar-refractivity contribution in [3.05, 3.63) is 25.1 Å². The van der Waals surface area contributed by atoms with Crippen LogP contribution in [-0.4, -0.2) is 40.5 Å². The zero-order valence-electron chi connectivity index (χ0n) is 12.3. The molecule has 0 aliphatic heterocycles. The fourth-order valence-electron chi connectivity index (χ4n) is 0.233. The summed E-state index contributed by atoms with van der Waals surface area (Å²) in [5.74, 6) is 0.588. The Bertz CT molecular complexity index is 213. The number of hydrogen-bond donors (Lipinski definition) is 0. The van der Waals surface area contributed by atoms with E-state index in [1.807, 2.05) is 13.0 Å². The maximum atomic E-state index is 3.55. The molecule has 0 aromatic carbocycles. The van der Waals surface area contributed by atoms with Crippen molar-refractivity contribution in [1.82, 2.24) is 0 Å². The Morgan fingerprint density at radius 1 is 0.952 bits per heavy atom. The quantitative estimate of drug-likeness (QED) is 0.605. The van der Waals surface area contributed by atoms with Crippen molar-refractivity contribution < 1.29 is 0 Å². The standard InChI is InChI=1S/C6H11N.C3H7N.C3H5N.C2H5N.3CH4/c1-6(2)4-5-7-3;2*1-3-4-2;1-3-2;;;/h4-6H,3H2,1-2H3;2-3H2,1H3;3H,1-2H2;1H2,2H3;3*1H4. The Morgan fingerprint density at radius 3 is 1.29 bits per heavy atom. The van der Waals surface area contributed by atoms with E-state index in [9.17, 15) is 0 Å². The van der Waals surface area contributed by atoms with Gasteiger partial charge in [0.2, 0.25) is 0 Å². The number of rotatable bonds is 4. The Morgan fingerprint density at radius 2 is 1.24 bits per heavy atom. The van der Waals surface area contributed by atoms with E-state index in [4.69, 9.17) is 0 Å². The molecule has 0 aliphatic rings. The molecule has 0 radical (unpaired) electrons. The van der Waals surface area contributed by atoms with Crippen LogP contribution in [0.4, 0.5) is 0 Å². The van der Waals surface area contributed by atoms with Crippen LogP contribution in [0.15, 0.2) is 45.0 Å². The Hall–Kier alpha value is -1.84. The lowest BCUT2D eigenvalue weighted by Crippen LogP contribution is -1.73. The summed E-state index contributed by atoms with van der Waals surface area (Å²) in [5.41, 5.74) is 0. The lowest BCUT2D eigenvalue weighted by molar-refractivity contribution is 0.829. The minimum atomic E-state index is 0. The lowest BCUT2D eigenvalue weighted by atomic mass is 10.2. The van der Waals surface area contributed by atoms with Gasteiger partial charge in [0.05, 0.1) is 0 Å². The average molecular weight is 301 g/mol. The predicted octanol–water partition coefficient (Wildman–Crippen LogP) is 5.62. The molecule has 0 N–H and O–H groups in total. The van der Waals surface area contributed by atoms with Crippen LogP contribution in [0.2, 0.25) is 0 Å². The third kappa shape index (κ3) is 274. The number of nitrogens with zero attached hydrogens (tertiary/aromatic N) is 4. The number of hydrogen-bond acceptors (Lipinski definition) is 4. The van der Waals surface area contributed by atoms with Gasteiger partial charge in [-0.1, -0.05) is 48.8 Å². The van der Waals surface area contributed by atoms with Gasteiger partial charge in [0.25, 0.3) is 0 Å². The van der Waals surface area contributed by atoms with E-state index in [0.29, 0.717) is 5.92 Å². The fraction of sp³-hybridized carbons (Fsp3) is 0.529. The first-order valence-corrected chi connectivity index (χ1v) is 5.48. The van der Waals surface area contributed by atoms with Gasteiger partial charge in [0.1, 0.15) is 0 Å². The van der Waals surface area contributed by atoms with Crippen LogP contribution < -0.4 is 0 Å². The normalized spacial score (nSPS) is 6.33. The molecule has 128 valence electrons. The van der Waals surface area contributed by atoms with E-state index in [1.165, 1.54) is 6.20 Å². The van der Waals surface area contributed by atoms with Crippen molar-refractivity contribution in [1.29, 1.82) is 0 Å². The highest BCUT2D eigenvalue weighted by atomic mass is 14.6. The highest BCUT2D eigenvalue weighted by Gasteiger charge is 1.77. The molecule has 4 heteroatoms. The highest BCUT2D eigenvalue weighted by molar-refractivity contribution is 5.25. The van der Waals surface area contributed by atoms with Gasteiger partial charge in [-0.25, -0.2) is 0 Å². The molecule has 0 aromatic heterocycles. The van der Waals surface area contributed by atoms with Gasteiger partial charge in [0.15, 0.2) is 0 Å². The molecule has 4 nitrogen and oxygen atoms in total. The van der Waals surface area contributed by atoms with Gasteiger partial charge in [-0.2, -0.15) is 0 Å². The van der Waals surface area contributed by atoms with Crippen LogP contribution in [0.5, 0.6) is 0 Å². The topological polar surface area (TPSA) is 49.4 Å². The first-order chi connectivity index (χ1) is 8.51. The first-order valence-electron chi connectivity index (χ1n) is 5.48. The molecule has 0 heterocycles. The second-order valence-corrected chi connectivity index (χ2v) is 2.99. The van der Waals surface area contributed by atoms with Crippen molar-refractivity contribution in [3.63, 3.8) is 0 Å². The second kappa shape index (κ2) is 63.7. The maximum Gasteiger partial charge on any atom is 0.0353 e. The molecular formula is C17H40N4. The minimum absolute atomic E-state index is 0. The third-order valence-electron chi connectivity index (χ3n) is 0.929. The van der Waals surface area contributed by atoms with Crippen molar-refractivity contribution >= 4 is 26.9 Å². The molecule has 0 saturated carbocycles. The molecule has 21 heavy (non-hydrogen) atoms. The Balaban J connectivity index is -0.0000000250. The van der Waals surface area contributed by atoms with Crippen molar-refractivity contribution in [3.8, 4) is 0 Å². The van der Waals surface area contributed by atoms with Crippen molar-refractivity contribution in [2.24, 2.45) is 25.9 Å². The molecule has 0 spiro atoms. The van der Waals surface area contributed by atoms with Crippen LogP contribution in [0.1, 0.15) is 43.1 Å². The monoisotopic (exact) mass is 300 g/mol. The molecule has 0 aliphatic carbocycles. The molecule has 0 rings (SSSR count). The van der Waals surface area contributed by atoms with Crippen LogP contribution in [0.25, 0.3) is 0 Å². The minimum Gasteiger partial charge on any atom is -0.304 e. The summed E-state index contributed by atoms with van der Waals surface area (Å²) < 4.78 is 0. The molecule has 0 aromatic rings. The number of allylic oxidation sites excluding steroid dienone is 1. The highest BCUT2D eigenvalue weighted by Crippen LogP contribution is 1.91. The molecule has 0 amide bonds. The second-order valence-electron chi connectivity index (χ2n) is 2.99. The smallest absolute Gasteiger partial charge is 0.0353 e. The van der Waals surface area contributed by atoms with Crippen LogP contribution in [-0.2, 0) is 0 Å². The Labute approximate surface area is 135 Å². The molecular weight excluding hydrogens is 260 g/mol.